The van der Waals surface area contributed by atoms with E-state index in [2.05, 4.69) is 79.8 Å². The number of hydrogen-bond acceptors (Lipinski definition) is 1. The Morgan fingerprint density at radius 3 is 1.48 bits per heavy atom. The summed E-state index contributed by atoms with van der Waals surface area (Å²) in [6.45, 7) is 4.08. The first-order valence-corrected chi connectivity index (χ1v) is 11.5. The van der Waals surface area contributed by atoms with Crippen molar-refractivity contribution in [3.8, 4) is 0 Å². The van der Waals surface area contributed by atoms with Crippen LogP contribution in [0.25, 0.3) is 0 Å². The van der Waals surface area contributed by atoms with Crippen LogP contribution in [-0.4, -0.2) is 23.9 Å². The molecule has 160 valence electrons. The summed E-state index contributed by atoms with van der Waals surface area (Å²) in [4.78, 5) is 14.1. The first-order chi connectivity index (χ1) is 14.3. The Labute approximate surface area is 179 Å². The van der Waals surface area contributed by atoms with E-state index in [1.807, 2.05) is 4.90 Å². The lowest BCUT2D eigenvalue weighted by molar-refractivity contribution is -0.131. The predicted molar refractivity (Wildman–Crippen MR) is 128 cm³/mol. The zero-order chi connectivity index (χ0) is 20.8. The van der Waals surface area contributed by atoms with Gasteiger partial charge in [-0.2, -0.15) is 0 Å². The van der Waals surface area contributed by atoms with Crippen molar-refractivity contribution >= 4 is 5.91 Å². The van der Waals surface area contributed by atoms with Gasteiger partial charge in [-0.15, -0.1) is 0 Å². The number of likely N-dealkylation sites (tertiary alicyclic amines) is 1. The standard InChI is InChI=1S/C27H41NO/c1-2-3-4-5-6-7-8-9-10-11-12-13-14-15-16-17-18-19-21-24-27(29)28-25-22-20-23-26-28/h3-4,6-7,9-10,12-13,15-16,18-19H,2,5,8,11,14,17,20-26H2,1H3/b4-3-,7-6-,10-9-,13-12-,16-15-,19-18-. The minimum Gasteiger partial charge on any atom is -0.343 e. The lowest BCUT2D eigenvalue weighted by Gasteiger charge is -2.26. The average Bonchev–Trinajstić information content (AvgIpc) is 2.75. The molecule has 2 nitrogen and oxygen atoms in total. The zero-order valence-electron chi connectivity index (χ0n) is 18.5. The molecule has 0 unspecified atom stereocenters. The monoisotopic (exact) mass is 395 g/mol. The van der Waals surface area contributed by atoms with Crippen molar-refractivity contribution in [1.82, 2.24) is 4.90 Å². The summed E-state index contributed by atoms with van der Waals surface area (Å²) < 4.78 is 0. The van der Waals surface area contributed by atoms with Crippen LogP contribution in [0.2, 0.25) is 0 Å². The number of nitrogens with zero attached hydrogens (tertiary/aromatic N) is 1. The first-order valence-electron chi connectivity index (χ1n) is 11.5. The van der Waals surface area contributed by atoms with Crippen LogP contribution in [0.15, 0.2) is 72.9 Å². The highest BCUT2D eigenvalue weighted by Crippen LogP contribution is 2.10. The van der Waals surface area contributed by atoms with Gasteiger partial charge in [-0.3, -0.25) is 4.79 Å². The second-order valence-electron chi connectivity index (χ2n) is 7.40. The molecular weight excluding hydrogens is 354 g/mol. The van der Waals surface area contributed by atoms with Gasteiger partial charge in [-0.1, -0.05) is 79.8 Å². The summed E-state index contributed by atoms with van der Waals surface area (Å²) in [5.41, 5.74) is 0. The highest BCUT2D eigenvalue weighted by Gasteiger charge is 2.14. The van der Waals surface area contributed by atoms with Gasteiger partial charge in [-0.05, 0) is 64.2 Å². The van der Waals surface area contributed by atoms with Crippen molar-refractivity contribution in [2.75, 3.05) is 13.1 Å². The number of hydrogen-bond donors (Lipinski definition) is 0. The topological polar surface area (TPSA) is 20.3 Å². The highest BCUT2D eigenvalue weighted by molar-refractivity contribution is 5.76. The van der Waals surface area contributed by atoms with Crippen molar-refractivity contribution in [2.45, 2.75) is 77.6 Å². The fourth-order valence-corrected chi connectivity index (χ4v) is 3.15. The van der Waals surface area contributed by atoms with Gasteiger partial charge in [-0.25, -0.2) is 0 Å². The van der Waals surface area contributed by atoms with Gasteiger partial charge < -0.3 is 4.90 Å². The largest absolute Gasteiger partial charge is 0.343 e. The summed E-state index contributed by atoms with van der Waals surface area (Å²) in [5.74, 6) is 0.323. The van der Waals surface area contributed by atoms with E-state index in [0.717, 1.165) is 58.0 Å². The molecule has 1 rings (SSSR count). The fraction of sp³-hybridized carbons (Fsp3) is 0.519. The Bertz CT molecular complexity index is 571. The number of amides is 1. The zero-order valence-corrected chi connectivity index (χ0v) is 18.5. The molecule has 0 aliphatic carbocycles. The van der Waals surface area contributed by atoms with Gasteiger partial charge in [0, 0.05) is 19.5 Å². The Hall–Kier alpha value is -2.09. The summed E-state index contributed by atoms with van der Waals surface area (Å²) in [5, 5.41) is 0. The lowest BCUT2D eigenvalue weighted by Crippen LogP contribution is -2.35. The third-order valence-corrected chi connectivity index (χ3v) is 4.83. The third-order valence-electron chi connectivity index (χ3n) is 4.83. The molecule has 1 heterocycles. The van der Waals surface area contributed by atoms with Crippen LogP contribution in [0.4, 0.5) is 0 Å². The van der Waals surface area contributed by atoms with Crippen molar-refractivity contribution < 1.29 is 4.79 Å². The SMILES string of the molecule is CC/C=C\C/C=C\C/C=C\C/C=C\C/C=C\C/C=C\CCC(=O)N1CCCCC1. The second kappa shape index (κ2) is 19.2. The van der Waals surface area contributed by atoms with Crippen molar-refractivity contribution in [3.05, 3.63) is 72.9 Å². The molecule has 0 spiro atoms. The molecule has 0 saturated carbocycles. The van der Waals surface area contributed by atoms with Crippen molar-refractivity contribution in [1.29, 1.82) is 0 Å². The highest BCUT2D eigenvalue weighted by atomic mass is 16.2. The molecule has 1 saturated heterocycles. The molecule has 1 aliphatic heterocycles. The molecule has 1 amide bonds. The predicted octanol–water partition coefficient (Wildman–Crippen LogP) is 7.48. The van der Waals surface area contributed by atoms with E-state index in [0.29, 0.717) is 12.3 Å². The van der Waals surface area contributed by atoms with Crippen LogP contribution in [0.1, 0.15) is 77.6 Å². The van der Waals surface area contributed by atoms with Crippen LogP contribution in [0.5, 0.6) is 0 Å². The Morgan fingerprint density at radius 1 is 0.621 bits per heavy atom. The maximum atomic E-state index is 12.0. The quantitative estimate of drug-likeness (QED) is 0.279. The summed E-state index contributed by atoms with van der Waals surface area (Å²) in [6, 6.07) is 0. The minimum atomic E-state index is 0.323. The van der Waals surface area contributed by atoms with Gasteiger partial charge in [0.25, 0.3) is 0 Å². The summed E-state index contributed by atoms with van der Waals surface area (Å²) in [7, 11) is 0. The third kappa shape index (κ3) is 15.5. The molecule has 1 aliphatic rings. The molecule has 29 heavy (non-hydrogen) atoms. The van der Waals surface area contributed by atoms with Gasteiger partial charge in [0.05, 0.1) is 0 Å². The second-order valence-corrected chi connectivity index (χ2v) is 7.40. The van der Waals surface area contributed by atoms with Gasteiger partial charge in [0.1, 0.15) is 0 Å². The summed E-state index contributed by atoms with van der Waals surface area (Å²) in [6.07, 6.45) is 37.7. The van der Waals surface area contributed by atoms with Crippen LogP contribution in [0, 0.1) is 0 Å². The van der Waals surface area contributed by atoms with Crippen LogP contribution in [0.3, 0.4) is 0 Å². The van der Waals surface area contributed by atoms with Crippen LogP contribution < -0.4 is 0 Å². The first kappa shape index (κ1) is 24.9. The molecule has 0 atom stereocenters. The van der Waals surface area contributed by atoms with E-state index in [1.54, 1.807) is 0 Å². The lowest BCUT2D eigenvalue weighted by atomic mass is 10.1. The molecule has 0 aromatic carbocycles. The van der Waals surface area contributed by atoms with Gasteiger partial charge >= 0.3 is 0 Å². The maximum absolute atomic E-state index is 12.0. The minimum absolute atomic E-state index is 0.323. The molecule has 0 N–H and O–H groups in total. The molecule has 1 fully saturated rings. The molecule has 0 radical (unpaired) electrons. The van der Waals surface area contributed by atoms with E-state index in [9.17, 15) is 4.79 Å². The normalized spacial score (nSPS) is 16.1. The van der Waals surface area contributed by atoms with Crippen molar-refractivity contribution in [2.24, 2.45) is 0 Å². The number of allylic oxidation sites excluding steroid dienone is 12. The van der Waals surface area contributed by atoms with Gasteiger partial charge in [0.2, 0.25) is 5.91 Å². The number of piperidine rings is 1. The molecular formula is C27H41NO. The maximum Gasteiger partial charge on any atom is 0.222 e. The van der Waals surface area contributed by atoms with E-state index in [1.165, 1.54) is 19.3 Å². The van der Waals surface area contributed by atoms with Crippen LogP contribution >= 0.6 is 0 Å². The van der Waals surface area contributed by atoms with Gasteiger partial charge in [0.15, 0.2) is 0 Å². The van der Waals surface area contributed by atoms with E-state index >= 15 is 0 Å². The summed E-state index contributed by atoms with van der Waals surface area (Å²) >= 11 is 0. The Kier molecular flexibility index (Phi) is 16.5. The van der Waals surface area contributed by atoms with Crippen LogP contribution in [-0.2, 0) is 4.79 Å². The number of carbonyl (C=O) groups excluding carboxylic acids is 1. The van der Waals surface area contributed by atoms with E-state index < -0.39 is 0 Å². The fourth-order valence-electron chi connectivity index (χ4n) is 3.15. The molecule has 2 heteroatoms. The smallest absolute Gasteiger partial charge is 0.222 e. The molecule has 0 aromatic heterocycles. The van der Waals surface area contributed by atoms with Crippen molar-refractivity contribution in [3.63, 3.8) is 0 Å². The number of rotatable bonds is 14. The van der Waals surface area contributed by atoms with E-state index in [4.69, 9.17) is 0 Å². The average molecular weight is 396 g/mol. The molecule has 0 bridgehead atoms. The number of carbonyl (C=O) groups is 1. The Morgan fingerprint density at radius 2 is 1.03 bits per heavy atom. The molecule has 0 aromatic rings. The Balaban J connectivity index is 1.96. The van der Waals surface area contributed by atoms with E-state index in [-0.39, 0.29) is 0 Å².